The molecule has 0 bridgehead atoms. The summed E-state index contributed by atoms with van der Waals surface area (Å²) in [5.74, 6) is -0.378. The number of aliphatic hydroxyl groups is 1. The molecule has 1 N–H and O–H groups in total. The topological polar surface area (TPSA) is 46.5 Å². The minimum Gasteiger partial charge on any atom is -0.378 e. The highest BCUT2D eigenvalue weighted by atomic mass is 31.2. The minimum absolute atomic E-state index is 0.347. The minimum atomic E-state index is -3.44. The number of hydrogen-bond acceptors (Lipinski definition) is 3. The largest absolute Gasteiger partial charge is 0.378 e. The first-order valence-corrected chi connectivity index (χ1v) is 8.14. The molecule has 0 saturated heterocycles. The van der Waals surface area contributed by atoms with E-state index in [0.29, 0.717) is 5.56 Å². The normalized spacial score (nSPS) is 15.8. The first-order chi connectivity index (χ1) is 10.0. The number of benzene rings is 2. The maximum atomic E-state index is 12.9. The predicted molar refractivity (Wildman–Crippen MR) is 81.5 cm³/mol. The first-order valence-electron chi connectivity index (χ1n) is 6.38. The summed E-state index contributed by atoms with van der Waals surface area (Å²) in [7, 11) is -2.16. The van der Waals surface area contributed by atoms with E-state index in [1.807, 2.05) is 30.3 Å². The van der Waals surface area contributed by atoms with Crippen molar-refractivity contribution in [3.63, 3.8) is 0 Å². The van der Waals surface area contributed by atoms with Crippen LogP contribution in [0.1, 0.15) is 17.0 Å². The molecule has 21 heavy (non-hydrogen) atoms. The third kappa shape index (κ3) is 3.88. The summed E-state index contributed by atoms with van der Waals surface area (Å²) in [6.45, 7) is 0. The van der Waals surface area contributed by atoms with E-state index >= 15 is 0 Å². The van der Waals surface area contributed by atoms with E-state index in [4.69, 9.17) is 4.52 Å². The SMILES string of the molecule is CO[P@](=O)(/C=C/c1ccccc1)[C@@H](O)c1ccc(F)cc1. The van der Waals surface area contributed by atoms with E-state index in [2.05, 4.69) is 0 Å². The van der Waals surface area contributed by atoms with Gasteiger partial charge in [-0.2, -0.15) is 0 Å². The van der Waals surface area contributed by atoms with Crippen LogP contribution in [0.3, 0.4) is 0 Å². The summed E-state index contributed by atoms with van der Waals surface area (Å²) >= 11 is 0. The van der Waals surface area contributed by atoms with Crippen LogP contribution in [-0.4, -0.2) is 12.2 Å². The molecule has 0 amide bonds. The lowest BCUT2D eigenvalue weighted by Gasteiger charge is -2.19. The highest BCUT2D eigenvalue weighted by molar-refractivity contribution is 7.62. The van der Waals surface area contributed by atoms with Gasteiger partial charge in [0.05, 0.1) is 0 Å². The Labute approximate surface area is 123 Å². The van der Waals surface area contributed by atoms with E-state index < -0.39 is 19.0 Å². The molecule has 0 spiro atoms. The average Bonchev–Trinajstić information content (AvgIpc) is 2.53. The van der Waals surface area contributed by atoms with E-state index in [0.717, 1.165) is 5.56 Å². The van der Waals surface area contributed by atoms with Crippen molar-refractivity contribution in [2.45, 2.75) is 5.85 Å². The van der Waals surface area contributed by atoms with Crippen molar-refractivity contribution >= 4 is 13.4 Å². The highest BCUT2D eigenvalue weighted by Gasteiger charge is 2.30. The smallest absolute Gasteiger partial charge is 0.256 e. The molecule has 2 atom stereocenters. The molecule has 0 heterocycles. The molecule has 0 aromatic heterocycles. The molecule has 0 fully saturated rings. The third-order valence-corrected chi connectivity index (χ3v) is 5.18. The molecule has 2 aromatic carbocycles. The predicted octanol–water partition coefficient (Wildman–Crippen LogP) is 4.41. The van der Waals surface area contributed by atoms with Crippen LogP contribution in [0.5, 0.6) is 0 Å². The summed E-state index contributed by atoms with van der Waals surface area (Å²) in [6, 6.07) is 14.5. The Balaban J connectivity index is 2.26. The fraction of sp³-hybridized carbons (Fsp3) is 0.125. The van der Waals surface area contributed by atoms with Crippen molar-refractivity contribution in [1.29, 1.82) is 0 Å². The van der Waals surface area contributed by atoms with Crippen molar-refractivity contribution in [1.82, 2.24) is 0 Å². The Morgan fingerprint density at radius 3 is 2.33 bits per heavy atom. The fourth-order valence-electron chi connectivity index (χ4n) is 1.84. The quantitative estimate of drug-likeness (QED) is 0.832. The van der Waals surface area contributed by atoms with Gasteiger partial charge >= 0.3 is 0 Å². The summed E-state index contributed by atoms with van der Waals surface area (Å²) in [6.07, 6.45) is 1.64. The number of hydrogen-bond donors (Lipinski definition) is 1. The van der Waals surface area contributed by atoms with Crippen LogP contribution >= 0.6 is 7.37 Å². The molecule has 3 nitrogen and oxygen atoms in total. The van der Waals surface area contributed by atoms with Crippen LogP contribution in [0.2, 0.25) is 0 Å². The lowest BCUT2D eigenvalue weighted by Crippen LogP contribution is -1.99. The molecule has 0 saturated carbocycles. The van der Waals surface area contributed by atoms with Gasteiger partial charge in [-0.25, -0.2) is 4.39 Å². The maximum absolute atomic E-state index is 12.9. The van der Waals surface area contributed by atoms with E-state index in [9.17, 15) is 14.1 Å². The molecule has 2 aromatic rings. The second-order valence-electron chi connectivity index (χ2n) is 4.48. The van der Waals surface area contributed by atoms with Crippen LogP contribution in [-0.2, 0) is 9.09 Å². The van der Waals surface area contributed by atoms with Crippen molar-refractivity contribution in [2.24, 2.45) is 0 Å². The van der Waals surface area contributed by atoms with Crippen LogP contribution in [0, 0.1) is 5.82 Å². The molecule has 0 aliphatic rings. The van der Waals surface area contributed by atoms with E-state index in [1.54, 1.807) is 6.08 Å². The van der Waals surface area contributed by atoms with Crippen molar-refractivity contribution in [3.8, 4) is 0 Å². The Kier molecular flexibility index (Phi) is 5.07. The molecule has 110 valence electrons. The number of halogens is 1. The van der Waals surface area contributed by atoms with E-state index in [1.165, 1.54) is 37.2 Å². The van der Waals surface area contributed by atoms with Gasteiger partial charge in [0.15, 0.2) is 5.85 Å². The molecule has 2 rings (SSSR count). The van der Waals surface area contributed by atoms with Gasteiger partial charge in [-0.1, -0.05) is 42.5 Å². The molecule has 0 unspecified atom stereocenters. The lowest BCUT2D eigenvalue weighted by atomic mass is 10.2. The molecular weight excluding hydrogens is 290 g/mol. The number of rotatable bonds is 5. The molecule has 5 heteroatoms. The maximum Gasteiger partial charge on any atom is 0.256 e. The second-order valence-corrected chi connectivity index (χ2v) is 6.92. The Bertz CT molecular complexity index is 653. The zero-order chi connectivity index (χ0) is 15.3. The zero-order valence-corrected chi connectivity index (χ0v) is 12.4. The van der Waals surface area contributed by atoms with Crippen LogP contribution in [0.25, 0.3) is 6.08 Å². The van der Waals surface area contributed by atoms with Gasteiger partial charge in [0.2, 0.25) is 0 Å². The first kappa shape index (κ1) is 15.6. The summed E-state index contributed by atoms with van der Waals surface area (Å²) in [5.41, 5.74) is 1.19. The van der Waals surface area contributed by atoms with Crippen LogP contribution < -0.4 is 0 Å². The van der Waals surface area contributed by atoms with Gasteiger partial charge in [-0.05, 0) is 29.3 Å². The Hall–Kier alpha value is -1.74. The van der Waals surface area contributed by atoms with Gasteiger partial charge in [0, 0.05) is 12.9 Å². The summed E-state index contributed by atoms with van der Waals surface area (Å²) in [4.78, 5) is 0. The fourth-order valence-corrected chi connectivity index (χ4v) is 3.29. The zero-order valence-electron chi connectivity index (χ0n) is 11.5. The molecule has 0 radical (unpaired) electrons. The molecule has 0 aliphatic carbocycles. The molecule has 0 aliphatic heterocycles. The van der Waals surface area contributed by atoms with Gasteiger partial charge in [0.1, 0.15) is 5.82 Å². The monoisotopic (exact) mass is 306 g/mol. The van der Waals surface area contributed by atoms with Crippen LogP contribution in [0.4, 0.5) is 4.39 Å². The standard InChI is InChI=1S/C16H16FO3P/c1-20-21(19,12-11-13-5-3-2-4-6-13)16(18)14-7-9-15(17)10-8-14/h2-12,16,18H,1H3/b12-11+/t16-,21-/m1/s1. The van der Waals surface area contributed by atoms with E-state index in [-0.39, 0.29) is 0 Å². The van der Waals surface area contributed by atoms with Gasteiger partial charge in [0.25, 0.3) is 7.37 Å². The molecular formula is C16H16FO3P. The highest BCUT2D eigenvalue weighted by Crippen LogP contribution is 2.59. The number of aliphatic hydroxyl groups excluding tert-OH is 1. The second kappa shape index (κ2) is 6.81. The van der Waals surface area contributed by atoms with Crippen LogP contribution in [0.15, 0.2) is 60.4 Å². The van der Waals surface area contributed by atoms with Gasteiger partial charge in [-0.3, -0.25) is 4.57 Å². The summed E-state index contributed by atoms with van der Waals surface area (Å²) in [5, 5.41) is 10.2. The Morgan fingerprint density at radius 1 is 1.14 bits per heavy atom. The van der Waals surface area contributed by atoms with Crippen molar-refractivity contribution in [3.05, 3.63) is 77.4 Å². The van der Waals surface area contributed by atoms with Crippen molar-refractivity contribution in [2.75, 3.05) is 7.11 Å². The average molecular weight is 306 g/mol. The van der Waals surface area contributed by atoms with Gasteiger partial charge < -0.3 is 9.63 Å². The Morgan fingerprint density at radius 2 is 1.76 bits per heavy atom. The van der Waals surface area contributed by atoms with Crippen molar-refractivity contribution < 1.29 is 18.6 Å². The lowest BCUT2D eigenvalue weighted by molar-refractivity contribution is 0.228. The van der Waals surface area contributed by atoms with Gasteiger partial charge in [-0.15, -0.1) is 0 Å². The summed E-state index contributed by atoms with van der Waals surface area (Å²) < 4.78 is 30.6. The third-order valence-electron chi connectivity index (χ3n) is 3.07.